The smallest absolute Gasteiger partial charge is 0.0826 e. The third-order valence-electron chi connectivity index (χ3n) is 4.19. The number of nitrogens with one attached hydrogen (secondary N) is 1. The second-order valence-corrected chi connectivity index (χ2v) is 6.16. The lowest BCUT2D eigenvalue weighted by atomic mass is 10.1. The van der Waals surface area contributed by atoms with Crippen molar-refractivity contribution in [2.45, 2.75) is 32.4 Å². The van der Waals surface area contributed by atoms with Crippen molar-refractivity contribution in [3.05, 3.63) is 0 Å². The van der Waals surface area contributed by atoms with Gasteiger partial charge in [0, 0.05) is 32.2 Å². The summed E-state index contributed by atoms with van der Waals surface area (Å²) in [4.78, 5) is 4.93. The van der Waals surface area contributed by atoms with Gasteiger partial charge in [-0.2, -0.15) is 0 Å². The summed E-state index contributed by atoms with van der Waals surface area (Å²) < 4.78 is 5.83. The van der Waals surface area contributed by atoms with Crippen LogP contribution < -0.4 is 5.32 Å². The van der Waals surface area contributed by atoms with Crippen molar-refractivity contribution in [1.29, 1.82) is 0 Å². The molecule has 0 aromatic carbocycles. The highest BCUT2D eigenvalue weighted by Gasteiger charge is 2.23. The van der Waals surface area contributed by atoms with E-state index in [1.54, 1.807) is 0 Å². The van der Waals surface area contributed by atoms with Crippen LogP contribution in [0, 0.1) is 5.92 Å². The molecule has 0 radical (unpaired) electrons. The van der Waals surface area contributed by atoms with Crippen LogP contribution in [0.4, 0.5) is 0 Å². The molecule has 2 rings (SSSR count). The number of ether oxygens (including phenoxy) is 1. The van der Waals surface area contributed by atoms with Crippen LogP contribution in [-0.4, -0.2) is 74.9 Å². The Balaban J connectivity index is 1.61. The van der Waals surface area contributed by atoms with Gasteiger partial charge in [0.1, 0.15) is 0 Å². The maximum atomic E-state index is 5.83. The largest absolute Gasteiger partial charge is 0.374 e. The van der Waals surface area contributed by atoms with Gasteiger partial charge in [0.15, 0.2) is 0 Å². The van der Waals surface area contributed by atoms with Crippen LogP contribution in [0.3, 0.4) is 0 Å². The molecule has 2 saturated heterocycles. The number of likely N-dealkylation sites (tertiary alicyclic amines) is 1. The van der Waals surface area contributed by atoms with Gasteiger partial charge in [0.05, 0.1) is 12.7 Å². The zero-order valence-electron chi connectivity index (χ0n) is 12.2. The van der Waals surface area contributed by atoms with Crippen LogP contribution in [0.5, 0.6) is 0 Å². The summed E-state index contributed by atoms with van der Waals surface area (Å²) in [5.74, 6) is 0.833. The lowest BCUT2D eigenvalue weighted by molar-refractivity contribution is -0.0373. The molecule has 1 N–H and O–H groups in total. The first-order valence-electron chi connectivity index (χ1n) is 7.40. The minimum atomic E-state index is 0.375. The van der Waals surface area contributed by atoms with Crippen molar-refractivity contribution >= 4 is 0 Å². The maximum absolute atomic E-state index is 5.83. The number of morpholine rings is 1. The summed E-state index contributed by atoms with van der Waals surface area (Å²) in [6.45, 7) is 12.2. The average Bonchev–Trinajstić information content (AvgIpc) is 2.75. The van der Waals surface area contributed by atoms with Crippen molar-refractivity contribution in [1.82, 2.24) is 15.1 Å². The Hall–Kier alpha value is -0.160. The highest BCUT2D eigenvalue weighted by Crippen LogP contribution is 2.13. The third kappa shape index (κ3) is 4.19. The second-order valence-electron chi connectivity index (χ2n) is 6.16. The Morgan fingerprint density at radius 1 is 1.22 bits per heavy atom. The van der Waals surface area contributed by atoms with Gasteiger partial charge in [-0.3, -0.25) is 4.90 Å². The zero-order valence-corrected chi connectivity index (χ0v) is 12.2. The molecule has 2 aliphatic heterocycles. The predicted molar refractivity (Wildman–Crippen MR) is 74.9 cm³/mol. The van der Waals surface area contributed by atoms with E-state index >= 15 is 0 Å². The molecule has 0 aliphatic carbocycles. The minimum absolute atomic E-state index is 0.375. The van der Waals surface area contributed by atoms with Crippen LogP contribution in [0.25, 0.3) is 0 Å². The average molecular weight is 255 g/mol. The SMILES string of the molecule is CC(C)N1CCOC(CNCC2CCN(C)C2)C1. The van der Waals surface area contributed by atoms with E-state index in [1.807, 2.05) is 0 Å². The van der Waals surface area contributed by atoms with Gasteiger partial charge in [-0.05, 0) is 46.3 Å². The van der Waals surface area contributed by atoms with Gasteiger partial charge in [0.2, 0.25) is 0 Å². The van der Waals surface area contributed by atoms with E-state index in [-0.39, 0.29) is 0 Å². The molecule has 4 nitrogen and oxygen atoms in total. The molecule has 0 bridgehead atoms. The fraction of sp³-hybridized carbons (Fsp3) is 1.00. The van der Waals surface area contributed by atoms with Gasteiger partial charge in [0.25, 0.3) is 0 Å². The van der Waals surface area contributed by atoms with Gasteiger partial charge in [-0.25, -0.2) is 0 Å². The molecule has 4 heteroatoms. The molecule has 2 heterocycles. The summed E-state index contributed by atoms with van der Waals surface area (Å²) in [6.07, 6.45) is 1.72. The Labute approximate surface area is 112 Å². The normalized spacial score (nSPS) is 31.3. The van der Waals surface area contributed by atoms with E-state index in [0.29, 0.717) is 12.1 Å². The van der Waals surface area contributed by atoms with Crippen LogP contribution in [0.2, 0.25) is 0 Å². The molecule has 0 saturated carbocycles. The minimum Gasteiger partial charge on any atom is -0.374 e. The molecule has 0 aromatic heterocycles. The summed E-state index contributed by atoms with van der Waals surface area (Å²) in [7, 11) is 2.21. The highest BCUT2D eigenvalue weighted by molar-refractivity contribution is 4.78. The van der Waals surface area contributed by atoms with Crippen LogP contribution in [0.1, 0.15) is 20.3 Å². The number of hydrogen-bond donors (Lipinski definition) is 1. The summed E-state index contributed by atoms with van der Waals surface area (Å²) >= 11 is 0. The molecule has 106 valence electrons. The number of nitrogens with zero attached hydrogens (tertiary/aromatic N) is 2. The molecular formula is C14H29N3O. The van der Waals surface area contributed by atoms with Gasteiger partial charge >= 0.3 is 0 Å². The number of rotatable bonds is 5. The van der Waals surface area contributed by atoms with Crippen LogP contribution in [-0.2, 0) is 4.74 Å². The van der Waals surface area contributed by atoms with E-state index in [1.165, 1.54) is 19.5 Å². The zero-order chi connectivity index (χ0) is 13.0. The first-order valence-corrected chi connectivity index (χ1v) is 7.40. The van der Waals surface area contributed by atoms with Gasteiger partial charge in [-0.15, -0.1) is 0 Å². The van der Waals surface area contributed by atoms with Gasteiger partial charge < -0.3 is 15.0 Å². The van der Waals surface area contributed by atoms with Crippen molar-refractivity contribution in [3.8, 4) is 0 Å². The topological polar surface area (TPSA) is 27.7 Å². The van der Waals surface area contributed by atoms with E-state index in [0.717, 1.165) is 38.7 Å². The molecular weight excluding hydrogens is 226 g/mol. The van der Waals surface area contributed by atoms with Gasteiger partial charge in [-0.1, -0.05) is 0 Å². The van der Waals surface area contributed by atoms with E-state index < -0.39 is 0 Å². The van der Waals surface area contributed by atoms with Crippen molar-refractivity contribution in [2.24, 2.45) is 5.92 Å². The molecule has 0 aromatic rings. The first-order chi connectivity index (χ1) is 8.65. The highest BCUT2D eigenvalue weighted by atomic mass is 16.5. The van der Waals surface area contributed by atoms with Crippen LogP contribution in [0.15, 0.2) is 0 Å². The Morgan fingerprint density at radius 2 is 2.06 bits per heavy atom. The fourth-order valence-electron chi connectivity index (χ4n) is 2.98. The molecule has 2 atom stereocenters. The van der Waals surface area contributed by atoms with E-state index in [9.17, 15) is 0 Å². The summed E-state index contributed by atoms with van der Waals surface area (Å²) in [6, 6.07) is 0.639. The third-order valence-corrected chi connectivity index (χ3v) is 4.19. The molecule has 0 amide bonds. The lowest BCUT2D eigenvalue weighted by Crippen LogP contribution is -2.49. The fourth-order valence-corrected chi connectivity index (χ4v) is 2.98. The Morgan fingerprint density at radius 3 is 2.72 bits per heavy atom. The first kappa shape index (κ1) is 14.3. The standard InChI is InChI=1S/C14H29N3O/c1-12(2)17-6-7-18-14(11-17)9-15-8-13-4-5-16(3)10-13/h12-15H,4-11H2,1-3H3. The summed E-state index contributed by atoms with van der Waals surface area (Å²) in [5, 5.41) is 3.60. The maximum Gasteiger partial charge on any atom is 0.0826 e. The molecule has 0 spiro atoms. The lowest BCUT2D eigenvalue weighted by Gasteiger charge is -2.35. The van der Waals surface area contributed by atoms with Crippen LogP contribution >= 0.6 is 0 Å². The summed E-state index contributed by atoms with van der Waals surface area (Å²) in [5.41, 5.74) is 0. The Kier molecular flexibility index (Phi) is 5.42. The van der Waals surface area contributed by atoms with E-state index in [2.05, 4.69) is 36.0 Å². The van der Waals surface area contributed by atoms with E-state index in [4.69, 9.17) is 4.74 Å². The predicted octanol–water partition coefficient (Wildman–Crippen LogP) is 0.637. The Bertz CT molecular complexity index is 247. The van der Waals surface area contributed by atoms with Crippen molar-refractivity contribution in [2.75, 3.05) is 52.9 Å². The molecule has 18 heavy (non-hydrogen) atoms. The molecule has 2 aliphatic rings. The van der Waals surface area contributed by atoms with Crippen molar-refractivity contribution in [3.63, 3.8) is 0 Å². The number of hydrogen-bond acceptors (Lipinski definition) is 4. The van der Waals surface area contributed by atoms with Crippen molar-refractivity contribution < 1.29 is 4.74 Å². The molecule has 2 fully saturated rings. The second kappa shape index (κ2) is 6.85. The monoisotopic (exact) mass is 255 g/mol. The quantitative estimate of drug-likeness (QED) is 0.780. The molecule has 2 unspecified atom stereocenters.